The van der Waals surface area contributed by atoms with Crippen molar-refractivity contribution >= 4 is 10.9 Å². The summed E-state index contributed by atoms with van der Waals surface area (Å²) in [6.45, 7) is 5.57. The van der Waals surface area contributed by atoms with E-state index in [2.05, 4.69) is 11.6 Å². The van der Waals surface area contributed by atoms with Gasteiger partial charge in [0, 0.05) is 35.4 Å². The van der Waals surface area contributed by atoms with Gasteiger partial charge in [-0.15, -0.1) is 6.58 Å². The van der Waals surface area contributed by atoms with E-state index in [1.165, 1.54) is 12.1 Å². The number of rotatable bonds is 6. The van der Waals surface area contributed by atoms with E-state index < -0.39 is 17.8 Å². The highest BCUT2D eigenvalue weighted by Crippen LogP contribution is 2.75. The summed E-state index contributed by atoms with van der Waals surface area (Å²) in [5, 5.41) is 12.7. The standard InChI is InChI=1S/C28H28F3N2O2/c1-3-22-23-15-25(26(34)20-10-12-32-24-9-8-19(35-2)14-21(20)24)33(13-11-27(22,23)33)16-17-4-6-18(7-5-17)28(29,30)31/h3-10,12,14,22-23,25-26,34H,1,11,13,15-16H2,2H3/q+1. The van der Waals surface area contributed by atoms with Crippen LogP contribution in [0.1, 0.15) is 35.6 Å². The summed E-state index contributed by atoms with van der Waals surface area (Å²) in [6.07, 6.45) is 0.613. The molecule has 6 unspecified atom stereocenters. The summed E-state index contributed by atoms with van der Waals surface area (Å²) in [4.78, 5) is 4.46. The van der Waals surface area contributed by atoms with Crippen LogP contribution in [0.15, 0.2) is 67.4 Å². The quantitative estimate of drug-likeness (QED) is 0.365. The van der Waals surface area contributed by atoms with Gasteiger partial charge >= 0.3 is 6.18 Å². The molecule has 1 aliphatic carbocycles. The largest absolute Gasteiger partial charge is 0.497 e. The Balaban J connectivity index is 1.39. The molecule has 6 atom stereocenters. The third-order valence-electron chi connectivity index (χ3n) is 9.08. The van der Waals surface area contributed by atoms with E-state index in [4.69, 9.17) is 4.74 Å². The molecule has 3 fully saturated rings. The van der Waals surface area contributed by atoms with Gasteiger partial charge < -0.3 is 14.3 Å². The molecule has 182 valence electrons. The molecule has 1 N–H and O–H groups in total. The fourth-order valence-electron chi connectivity index (χ4n) is 7.43. The van der Waals surface area contributed by atoms with Crippen molar-refractivity contribution in [3.05, 3.63) is 84.1 Å². The number of alkyl halides is 3. The third kappa shape index (κ3) is 3.04. The molecule has 2 aromatic carbocycles. The highest BCUT2D eigenvalue weighted by atomic mass is 19.4. The molecule has 3 aliphatic rings. The number of hydrogen-bond acceptors (Lipinski definition) is 3. The molecule has 0 radical (unpaired) electrons. The molecule has 2 saturated heterocycles. The maximum atomic E-state index is 13.1. The monoisotopic (exact) mass is 481 g/mol. The number of benzene rings is 2. The van der Waals surface area contributed by atoms with Gasteiger partial charge in [-0.05, 0) is 42.0 Å². The number of aromatic nitrogens is 1. The molecule has 35 heavy (non-hydrogen) atoms. The van der Waals surface area contributed by atoms with E-state index in [-0.39, 0.29) is 11.6 Å². The zero-order valence-corrected chi connectivity index (χ0v) is 19.5. The molecular weight excluding hydrogens is 453 g/mol. The lowest BCUT2D eigenvalue weighted by atomic mass is 9.86. The van der Waals surface area contributed by atoms with Gasteiger partial charge in [0.2, 0.25) is 0 Å². The van der Waals surface area contributed by atoms with E-state index >= 15 is 0 Å². The van der Waals surface area contributed by atoms with Crippen LogP contribution in [0, 0.1) is 11.8 Å². The first kappa shape index (κ1) is 22.6. The van der Waals surface area contributed by atoms with Crippen molar-refractivity contribution in [2.24, 2.45) is 11.8 Å². The first-order chi connectivity index (χ1) is 16.7. The Morgan fingerprint density at radius 3 is 2.63 bits per heavy atom. The molecular formula is C28H28F3N2O2+. The average molecular weight is 482 g/mol. The van der Waals surface area contributed by atoms with Crippen LogP contribution in [-0.2, 0) is 12.7 Å². The van der Waals surface area contributed by atoms with Gasteiger partial charge in [0.25, 0.3) is 0 Å². The van der Waals surface area contributed by atoms with Crippen molar-refractivity contribution in [1.82, 2.24) is 4.98 Å². The van der Waals surface area contributed by atoms with E-state index in [1.54, 1.807) is 25.4 Å². The van der Waals surface area contributed by atoms with E-state index in [0.29, 0.717) is 28.6 Å². The minimum Gasteiger partial charge on any atom is -0.497 e. The normalized spacial score (nSPS) is 31.9. The first-order valence-corrected chi connectivity index (χ1v) is 12.0. The van der Waals surface area contributed by atoms with Crippen molar-refractivity contribution in [2.75, 3.05) is 13.7 Å². The Labute approximate surface area is 202 Å². The number of halogens is 3. The molecule has 6 rings (SSSR count). The molecule has 3 heterocycles. The number of aliphatic hydroxyl groups is 1. The Kier molecular flexibility index (Phi) is 4.86. The Morgan fingerprint density at radius 1 is 1.23 bits per heavy atom. The lowest BCUT2D eigenvalue weighted by Crippen LogP contribution is -2.70. The van der Waals surface area contributed by atoms with Crippen LogP contribution in [0.3, 0.4) is 0 Å². The topological polar surface area (TPSA) is 42.4 Å². The predicted octanol–water partition coefficient (Wildman–Crippen LogP) is 5.66. The molecule has 1 spiro atoms. The lowest BCUT2D eigenvalue weighted by molar-refractivity contribution is -1.03. The van der Waals surface area contributed by atoms with Gasteiger partial charge in [0.1, 0.15) is 30.0 Å². The lowest BCUT2D eigenvalue weighted by Gasteiger charge is -2.57. The average Bonchev–Trinajstić information content (AvgIpc) is 3.49. The summed E-state index contributed by atoms with van der Waals surface area (Å²) in [5.41, 5.74) is 1.88. The van der Waals surface area contributed by atoms with Crippen LogP contribution in [-0.4, -0.2) is 39.8 Å². The number of hydrogen-bond donors (Lipinski definition) is 1. The van der Waals surface area contributed by atoms with E-state index in [1.807, 2.05) is 30.3 Å². The van der Waals surface area contributed by atoms with Gasteiger partial charge in [0.05, 0.1) is 31.2 Å². The van der Waals surface area contributed by atoms with Gasteiger partial charge in [-0.1, -0.05) is 18.2 Å². The number of methoxy groups -OCH3 is 1. The van der Waals surface area contributed by atoms with E-state index in [0.717, 1.165) is 41.4 Å². The molecule has 4 nitrogen and oxygen atoms in total. The molecule has 1 aromatic heterocycles. The maximum Gasteiger partial charge on any atom is 0.416 e. The summed E-state index contributed by atoms with van der Waals surface area (Å²) in [7, 11) is 1.61. The predicted molar refractivity (Wildman–Crippen MR) is 126 cm³/mol. The van der Waals surface area contributed by atoms with Crippen LogP contribution >= 0.6 is 0 Å². The van der Waals surface area contributed by atoms with Crippen LogP contribution < -0.4 is 4.74 Å². The van der Waals surface area contributed by atoms with Gasteiger partial charge in [0.15, 0.2) is 0 Å². The number of aliphatic hydroxyl groups excluding tert-OH is 1. The molecule has 0 amide bonds. The maximum absolute atomic E-state index is 13.1. The van der Waals surface area contributed by atoms with Crippen molar-refractivity contribution in [3.8, 4) is 5.75 Å². The van der Waals surface area contributed by atoms with Gasteiger partial charge in [-0.2, -0.15) is 13.2 Å². The number of piperidine rings is 1. The van der Waals surface area contributed by atoms with Crippen molar-refractivity contribution in [1.29, 1.82) is 0 Å². The van der Waals surface area contributed by atoms with Crippen molar-refractivity contribution < 1.29 is 27.5 Å². The van der Waals surface area contributed by atoms with Crippen molar-refractivity contribution in [2.45, 2.75) is 43.2 Å². The zero-order valence-electron chi connectivity index (χ0n) is 19.5. The molecule has 2 aliphatic heterocycles. The van der Waals surface area contributed by atoms with Gasteiger partial charge in [-0.25, -0.2) is 0 Å². The van der Waals surface area contributed by atoms with Crippen LogP contribution in [0.5, 0.6) is 5.75 Å². The fraction of sp³-hybridized carbons (Fsp3) is 0.393. The second kappa shape index (κ2) is 7.55. The summed E-state index contributed by atoms with van der Waals surface area (Å²) in [6, 6.07) is 13.0. The summed E-state index contributed by atoms with van der Waals surface area (Å²) >= 11 is 0. The second-order valence-corrected chi connectivity index (χ2v) is 10.3. The SMILES string of the molecule is C=CC1C2CC(C(O)c3ccnc4ccc(OC)cc34)[N+]3(Cc4ccc(C(F)(F)F)cc4)CCC123. The van der Waals surface area contributed by atoms with Crippen LogP contribution in [0.4, 0.5) is 13.2 Å². The molecule has 3 aromatic rings. The minimum absolute atomic E-state index is 0.0383. The zero-order chi connectivity index (χ0) is 24.6. The minimum atomic E-state index is -4.35. The molecule has 7 heteroatoms. The highest BCUT2D eigenvalue weighted by Gasteiger charge is 2.86. The van der Waals surface area contributed by atoms with E-state index in [9.17, 15) is 18.3 Å². The molecule has 0 bridgehead atoms. The van der Waals surface area contributed by atoms with Crippen LogP contribution in [0.25, 0.3) is 10.9 Å². The number of quaternary nitrogens is 1. The van der Waals surface area contributed by atoms with Crippen LogP contribution in [0.2, 0.25) is 0 Å². The molecule has 1 saturated carbocycles. The van der Waals surface area contributed by atoms with Crippen molar-refractivity contribution in [3.63, 3.8) is 0 Å². The summed E-state index contributed by atoms with van der Waals surface area (Å²) < 4.78 is 45.5. The number of fused-ring (bicyclic) bond motifs is 1. The summed E-state index contributed by atoms with van der Waals surface area (Å²) in [5.74, 6) is 1.54. The Hall–Kier alpha value is -2.90. The Bertz CT molecular complexity index is 1310. The number of nitrogens with zero attached hydrogens (tertiary/aromatic N) is 2. The smallest absolute Gasteiger partial charge is 0.416 e. The number of ether oxygens (including phenoxy) is 1. The van der Waals surface area contributed by atoms with Gasteiger partial charge in [-0.3, -0.25) is 4.98 Å². The third-order valence-corrected chi connectivity index (χ3v) is 9.08. The second-order valence-electron chi connectivity index (χ2n) is 10.3. The number of pyridine rings is 1. The fourth-order valence-corrected chi connectivity index (χ4v) is 7.43. The highest BCUT2D eigenvalue weighted by molar-refractivity contribution is 5.84. The first-order valence-electron chi connectivity index (χ1n) is 12.0. The Morgan fingerprint density at radius 2 is 2.00 bits per heavy atom.